The Morgan fingerprint density at radius 2 is 1.81 bits per heavy atom. The zero-order valence-electron chi connectivity index (χ0n) is 15.1. The zero-order valence-corrected chi connectivity index (χ0v) is 15.9. The van der Waals surface area contributed by atoms with Crippen LogP contribution in [0.15, 0.2) is 42.5 Å². The number of halogens is 1. The van der Waals surface area contributed by atoms with Gasteiger partial charge in [-0.15, -0.1) is 11.3 Å². The Bertz CT molecular complexity index is 976. The van der Waals surface area contributed by atoms with Gasteiger partial charge in [0.1, 0.15) is 23.1 Å². The molecule has 0 fully saturated rings. The number of hydrogen-bond donors (Lipinski definition) is 0. The molecule has 6 heteroatoms. The Labute approximate surface area is 160 Å². The molecule has 0 amide bonds. The maximum atomic E-state index is 14.4. The molecule has 0 saturated heterocycles. The van der Waals surface area contributed by atoms with E-state index in [-0.39, 0.29) is 19.0 Å². The van der Waals surface area contributed by atoms with Crippen LogP contribution in [0.5, 0.6) is 5.75 Å². The number of ketones is 1. The molecule has 27 heavy (non-hydrogen) atoms. The van der Waals surface area contributed by atoms with Crippen molar-refractivity contribution in [1.82, 2.24) is 0 Å². The van der Waals surface area contributed by atoms with Gasteiger partial charge in [-0.2, -0.15) is 0 Å². The summed E-state index contributed by atoms with van der Waals surface area (Å²) < 4.78 is 25.9. The van der Waals surface area contributed by atoms with Gasteiger partial charge in [-0.05, 0) is 43.3 Å². The minimum atomic E-state index is -0.486. The first-order valence-corrected chi connectivity index (χ1v) is 9.49. The number of Topliss-reactive ketones (excluding diaryl/α,β-unsaturated/α-hetero) is 1. The lowest BCUT2D eigenvalue weighted by atomic mass is 10.1. The van der Waals surface area contributed by atoms with E-state index >= 15 is 0 Å². The third-order valence-corrected chi connectivity index (χ3v) is 5.28. The Morgan fingerprint density at radius 3 is 2.48 bits per heavy atom. The summed E-state index contributed by atoms with van der Waals surface area (Å²) in [5.74, 6) is -0.299. The molecule has 0 N–H and O–H groups in total. The second kappa shape index (κ2) is 8.31. The van der Waals surface area contributed by atoms with E-state index in [1.807, 2.05) is 0 Å². The van der Waals surface area contributed by atoms with Crippen LogP contribution in [0.1, 0.15) is 45.9 Å². The predicted molar refractivity (Wildman–Crippen MR) is 103 cm³/mol. The van der Waals surface area contributed by atoms with Crippen molar-refractivity contribution >= 4 is 33.2 Å². The monoisotopic (exact) mass is 386 g/mol. The molecule has 3 rings (SSSR count). The van der Waals surface area contributed by atoms with E-state index in [9.17, 15) is 14.0 Å². The second-order valence-electron chi connectivity index (χ2n) is 5.83. The summed E-state index contributed by atoms with van der Waals surface area (Å²) >= 11 is 1.19. The zero-order chi connectivity index (χ0) is 19.4. The highest BCUT2D eigenvalue weighted by atomic mass is 32.1. The third kappa shape index (κ3) is 4.01. The smallest absolute Gasteiger partial charge is 0.348 e. The van der Waals surface area contributed by atoms with Crippen molar-refractivity contribution in [2.24, 2.45) is 0 Å². The lowest BCUT2D eigenvalue weighted by molar-refractivity contribution is 0.0529. The van der Waals surface area contributed by atoms with Gasteiger partial charge in [-0.25, -0.2) is 9.18 Å². The first kappa shape index (κ1) is 19.0. The molecule has 140 valence electrons. The molecule has 0 spiro atoms. The van der Waals surface area contributed by atoms with Gasteiger partial charge in [0.05, 0.1) is 6.61 Å². The molecular formula is C21H19FO4S. The van der Waals surface area contributed by atoms with Crippen LogP contribution in [0.2, 0.25) is 0 Å². The van der Waals surface area contributed by atoms with E-state index < -0.39 is 11.8 Å². The van der Waals surface area contributed by atoms with Gasteiger partial charge in [0.2, 0.25) is 0 Å². The number of hydrogen-bond acceptors (Lipinski definition) is 5. The van der Waals surface area contributed by atoms with Gasteiger partial charge >= 0.3 is 5.97 Å². The van der Waals surface area contributed by atoms with E-state index in [0.717, 1.165) is 0 Å². The molecule has 1 heterocycles. The maximum Gasteiger partial charge on any atom is 0.348 e. The van der Waals surface area contributed by atoms with Crippen LogP contribution in [0.3, 0.4) is 0 Å². The fraction of sp³-hybridized carbons (Fsp3) is 0.238. The number of carbonyl (C=O) groups is 2. The van der Waals surface area contributed by atoms with Crippen LogP contribution in [-0.4, -0.2) is 18.4 Å². The summed E-state index contributed by atoms with van der Waals surface area (Å²) in [6, 6.07) is 11.5. The topological polar surface area (TPSA) is 52.6 Å². The predicted octanol–water partition coefficient (Wildman–Crippen LogP) is 5.39. The van der Waals surface area contributed by atoms with E-state index in [1.54, 1.807) is 50.2 Å². The highest BCUT2D eigenvalue weighted by molar-refractivity contribution is 7.21. The maximum absolute atomic E-state index is 14.4. The molecule has 0 aliphatic heterocycles. The molecule has 0 atom stereocenters. The summed E-state index contributed by atoms with van der Waals surface area (Å²) in [5.41, 5.74) is 1.09. The van der Waals surface area contributed by atoms with Gasteiger partial charge in [0.25, 0.3) is 0 Å². The van der Waals surface area contributed by atoms with Crippen molar-refractivity contribution in [2.45, 2.75) is 26.9 Å². The highest BCUT2D eigenvalue weighted by Crippen LogP contribution is 2.34. The van der Waals surface area contributed by atoms with E-state index in [4.69, 9.17) is 9.47 Å². The molecule has 2 aromatic carbocycles. The van der Waals surface area contributed by atoms with Crippen LogP contribution >= 0.6 is 11.3 Å². The van der Waals surface area contributed by atoms with Gasteiger partial charge in [-0.3, -0.25) is 4.79 Å². The van der Waals surface area contributed by atoms with Crippen molar-refractivity contribution in [3.8, 4) is 5.75 Å². The molecule has 0 aliphatic carbocycles. The Balaban J connectivity index is 1.90. The summed E-state index contributed by atoms with van der Waals surface area (Å²) in [7, 11) is 0. The van der Waals surface area contributed by atoms with Crippen molar-refractivity contribution in [1.29, 1.82) is 0 Å². The molecule has 1 aromatic heterocycles. The number of fused-ring (bicyclic) bond motifs is 1. The lowest BCUT2D eigenvalue weighted by Gasteiger charge is -2.09. The van der Waals surface area contributed by atoms with Crippen LogP contribution in [0.25, 0.3) is 10.1 Å². The van der Waals surface area contributed by atoms with Gasteiger partial charge in [0, 0.05) is 27.6 Å². The molecule has 0 bridgehead atoms. The molecule has 0 aliphatic rings. The van der Waals surface area contributed by atoms with Crippen LogP contribution < -0.4 is 4.74 Å². The molecule has 3 aromatic rings. The number of ether oxygens (including phenoxy) is 2. The summed E-state index contributed by atoms with van der Waals surface area (Å²) in [6.45, 7) is 3.79. The molecular weight excluding hydrogens is 367 g/mol. The van der Waals surface area contributed by atoms with E-state index in [1.165, 1.54) is 17.4 Å². The standard InChI is InChI=1S/C21H19FO4S/c1-3-17(23)13-8-10-14(11-9-13)26-12-15-19-16(22)6-5-7-18(19)27-20(15)21(24)25-4-2/h5-11H,3-4,12H2,1-2H3. The van der Waals surface area contributed by atoms with Crippen LogP contribution in [0.4, 0.5) is 4.39 Å². The Morgan fingerprint density at radius 1 is 1.07 bits per heavy atom. The minimum absolute atomic E-state index is 0.0240. The summed E-state index contributed by atoms with van der Waals surface area (Å²) in [6.07, 6.45) is 0.434. The van der Waals surface area contributed by atoms with Crippen LogP contribution in [-0.2, 0) is 11.3 Å². The molecule has 0 radical (unpaired) electrons. The number of benzene rings is 2. The quantitative estimate of drug-likeness (QED) is 0.404. The lowest BCUT2D eigenvalue weighted by Crippen LogP contribution is -2.07. The van der Waals surface area contributed by atoms with Gasteiger partial charge in [-0.1, -0.05) is 13.0 Å². The normalized spacial score (nSPS) is 10.8. The molecule has 0 saturated carbocycles. The fourth-order valence-corrected chi connectivity index (χ4v) is 3.88. The average Bonchev–Trinajstić information content (AvgIpc) is 3.06. The SMILES string of the molecule is CCOC(=O)c1sc2cccc(F)c2c1COc1ccc(C(=O)CC)cc1. The minimum Gasteiger partial charge on any atom is -0.489 e. The van der Waals surface area contributed by atoms with Crippen molar-refractivity contribution < 1.29 is 23.5 Å². The number of esters is 1. The van der Waals surface area contributed by atoms with Gasteiger partial charge in [0.15, 0.2) is 5.78 Å². The number of thiophene rings is 1. The summed E-state index contributed by atoms with van der Waals surface area (Å²) in [4.78, 5) is 24.3. The van der Waals surface area contributed by atoms with Crippen molar-refractivity contribution in [3.63, 3.8) is 0 Å². The molecule has 0 unspecified atom stereocenters. The Kier molecular flexibility index (Phi) is 5.86. The van der Waals surface area contributed by atoms with E-state index in [2.05, 4.69) is 0 Å². The highest BCUT2D eigenvalue weighted by Gasteiger charge is 2.22. The van der Waals surface area contributed by atoms with Gasteiger partial charge < -0.3 is 9.47 Å². The number of carbonyl (C=O) groups excluding carboxylic acids is 2. The first-order valence-electron chi connectivity index (χ1n) is 8.68. The fourth-order valence-electron chi connectivity index (χ4n) is 2.76. The average molecular weight is 386 g/mol. The second-order valence-corrected chi connectivity index (χ2v) is 6.89. The van der Waals surface area contributed by atoms with Crippen molar-refractivity contribution in [2.75, 3.05) is 6.61 Å². The van der Waals surface area contributed by atoms with Crippen LogP contribution in [0, 0.1) is 5.82 Å². The first-order chi connectivity index (χ1) is 13.0. The molecule has 4 nitrogen and oxygen atoms in total. The Hall–Kier alpha value is -2.73. The number of rotatable bonds is 7. The summed E-state index contributed by atoms with van der Waals surface area (Å²) in [5, 5.41) is 0.378. The van der Waals surface area contributed by atoms with Crippen molar-refractivity contribution in [3.05, 3.63) is 64.3 Å². The third-order valence-electron chi connectivity index (χ3n) is 4.10. The largest absolute Gasteiger partial charge is 0.489 e. The van der Waals surface area contributed by atoms with E-state index in [0.29, 0.717) is 38.3 Å².